The van der Waals surface area contributed by atoms with Gasteiger partial charge in [-0.25, -0.2) is 18.6 Å². The number of urea groups is 1. The van der Waals surface area contributed by atoms with Gasteiger partial charge in [0.05, 0.1) is 12.3 Å². The first-order valence-electron chi connectivity index (χ1n) is 5.77. The van der Waals surface area contributed by atoms with Crippen molar-refractivity contribution >= 4 is 36.1 Å². The third-order valence-corrected chi connectivity index (χ3v) is 3.16. The Morgan fingerprint density at radius 2 is 2.14 bits per heavy atom. The van der Waals surface area contributed by atoms with E-state index in [2.05, 4.69) is 27.8 Å². The molecular weight excluding hydrogens is 320 g/mol. The first-order chi connectivity index (χ1) is 10.3. The van der Waals surface area contributed by atoms with Crippen LogP contribution < -0.4 is 10.6 Å². The molecule has 11 heteroatoms. The molecule has 2 amide bonds. The van der Waals surface area contributed by atoms with Crippen LogP contribution in [0.25, 0.3) is 0 Å². The van der Waals surface area contributed by atoms with Crippen molar-refractivity contribution in [3.8, 4) is 0 Å². The second kappa shape index (κ2) is 6.32. The standard InChI is InChI=1S/C11H8BF3N4O2S/c12-11(14,15)7-2-9(22-19-7)18-10(21)17-6-1-8(13)16-3-5(6)4-20/h1-3,20H,4H2,(H2,16,17,18,21). The third kappa shape index (κ3) is 3.95. The summed E-state index contributed by atoms with van der Waals surface area (Å²) >= 11 is 0.611. The summed E-state index contributed by atoms with van der Waals surface area (Å²) in [4.78, 5) is 15.1. The van der Waals surface area contributed by atoms with E-state index in [4.69, 9.17) is 5.11 Å². The molecule has 0 aliphatic carbocycles. The molecule has 0 saturated heterocycles. The van der Waals surface area contributed by atoms with Crippen LogP contribution in [-0.2, 0) is 12.4 Å². The smallest absolute Gasteiger partial charge is 0.324 e. The van der Waals surface area contributed by atoms with Crippen molar-refractivity contribution < 1.29 is 23.1 Å². The Labute approximate surface area is 128 Å². The lowest BCUT2D eigenvalue weighted by molar-refractivity contribution is 0.0902. The van der Waals surface area contributed by atoms with Crippen LogP contribution in [0.5, 0.6) is 0 Å². The van der Waals surface area contributed by atoms with Gasteiger partial charge in [0.15, 0.2) is 7.85 Å². The zero-order valence-electron chi connectivity index (χ0n) is 10.8. The zero-order valence-corrected chi connectivity index (χ0v) is 11.6. The highest BCUT2D eigenvalue weighted by Gasteiger charge is 2.27. The fourth-order valence-electron chi connectivity index (χ4n) is 1.46. The number of carbonyl (C=O) groups excluding carboxylic acids is 1. The van der Waals surface area contributed by atoms with Gasteiger partial charge in [0, 0.05) is 23.9 Å². The third-order valence-electron chi connectivity index (χ3n) is 2.46. The van der Waals surface area contributed by atoms with E-state index in [0.717, 1.165) is 18.3 Å². The number of hydrogen-bond acceptors (Lipinski definition) is 5. The number of anilines is 2. The summed E-state index contributed by atoms with van der Waals surface area (Å²) in [6, 6.07) is 1.01. The number of aliphatic hydroxyl groups is 1. The maximum atomic E-state index is 13.0. The van der Waals surface area contributed by atoms with Gasteiger partial charge in [-0.15, -0.1) is 0 Å². The molecule has 3 N–H and O–H groups in total. The summed E-state index contributed by atoms with van der Waals surface area (Å²) in [6.07, 6.45) is 1.06. The molecule has 0 bridgehead atoms. The molecule has 22 heavy (non-hydrogen) atoms. The quantitative estimate of drug-likeness (QED) is 0.592. The van der Waals surface area contributed by atoms with E-state index in [-0.39, 0.29) is 16.3 Å². The normalized spacial score (nSPS) is 11.3. The van der Waals surface area contributed by atoms with Crippen molar-refractivity contribution in [3.63, 3.8) is 0 Å². The molecule has 2 heterocycles. The summed E-state index contributed by atoms with van der Waals surface area (Å²) in [6.45, 7) is -0.465. The van der Waals surface area contributed by atoms with Gasteiger partial charge in [-0.3, -0.25) is 5.32 Å². The fraction of sp³-hybridized carbons (Fsp3) is 0.182. The van der Waals surface area contributed by atoms with Gasteiger partial charge in [-0.1, -0.05) is 0 Å². The van der Waals surface area contributed by atoms with Crippen LogP contribution in [0.2, 0.25) is 0 Å². The van der Waals surface area contributed by atoms with E-state index in [9.17, 15) is 18.0 Å². The largest absolute Gasteiger partial charge is 0.392 e. The fourth-order valence-corrected chi connectivity index (χ4v) is 2.13. The predicted octanol–water partition coefficient (Wildman–Crippen LogP) is 2.03. The molecule has 0 aliphatic heterocycles. The zero-order chi connectivity index (χ0) is 16.3. The SMILES string of the molecule is [B]C(F)(F)c1cc(NC(=O)Nc2cc(F)ncc2CO)sn1. The number of carbonyl (C=O) groups is 1. The Bertz CT molecular complexity index is 692. The van der Waals surface area contributed by atoms with Crippen LogP contribution in [0.3, 0.4) is 0 Å². The summed E-state index contributed by atoms with van der Waals surface area (Å²) in [5.41, 5.74) is -0.491. The molecular formula is C11H8BF3N4O2S. The maximum Gasteiger partial charge on any atom is 0.324 e. The monoisotopic (exact) mass is 328 g/mol. The lowest BCUT2D eigenvalue weighted by Gasteiger charge is -2.09. The lowest BCUT2D eigenvalue weighted by Crippen LogP contribution is -2.20. The first kappa shape index (κ1) is 16.2. The number of aliphatic hydroxyl groups excluding tert-OH is 1. The van der Waals surface area contributed by atoms with E-state index in [1.54, 1.807) is 0 Å². The van der Waals surface area contributed by atoms with Crippen molar-refractivity contribution in [2.75, 3.05) is 10.6 Å². The Morgan fingerprint density at radius 3 is 2.73 bits per heavy atom. The van der Waals surface area contributed by atoms with Gasteiger partial charge in [-0.2, -0.15) is 8.76 Å². The van der Waals surface area contributed by atoms with E-state index < -0.39 is 30.1 Å². The Morgan fingerprint density at radius 1 is 1.41 bits per heavy atom. The van der Waals surface area contributed by atoms with Gasteiger partial charge in [0.25, 0.3) is 0 Å². The number of hydrogen-bond donors (Lipinski definition) is 3. The molecule has 0 saturated carbocycles. The Balaban J connectivity index is 2.07. The molecule has 0 atom stereocenters. The molecule has 6 nitrogen and oxygen atoms in total. The molecule has 2 radical (unpaired) electrons. The minimum Gasteiger partial charge on any atom is -0.392 e. The van der Waals surface area contributed by atoms with Crippen LogP contribution in [0, 0.1) is 5.95 Å². The van der Waals surface area contributed by atoms with Gasteiger partial charge >= 0.3 is 6.03 Å². The Hall–Kier alpha value is -2.14. The summed E-state index contributed by atoms with van der Waals surface area (Å²) < 4.78 is 42.1. The molecule has 0 unspecified atom stereocenters. The lowest BCUT2D eigenvalue weighted by atomic mass is 9.96. The molecule has 114 valence electrons. The second-order valence-electron chi connectivity index (χ2n) is 4.10. The highest BCUT2D eigenvalue weighted by atomic mass is 32.1. The van der Waals surface area contributed by atoms with E-state index in [1.165, 1.54) is 0 Å². The number of alkyl halides is 2. The number of nitrogens with one attached hydrogen (secondary N) is 2. The van der Waals surface area contributed by atoms with Gasteiger partial charge < -0.3 is 10.4 Å². The molecule has 2 aromatic heterocycles. The van der Waals surface area contributed by atoms with Crippen LogP contribution >= 0.6 is 11.5 Å². The van der Waals surface area contributed by atoms with Crippen molar-refractivity contribution in [1.82, 2.24) is 9.36 Å². The summed E-state index contributed by atoms with van der Waals surface area (Å²) in [5.74, 6) is -4.46. The van der Waals surface area contributed by atoms with E-state index in [1.807, 2.05) is 0 Å². The highest BCUT2D eigenvalue weighted by Crippen LogP contribution is 2.28. The number of halogens is 3. The molecule has 2 rings (SSSR count). The number of nitrogens with zero attached hydrogens (tertiary/aromatic N) is 2. The number of amides is 2. The molecule has 0 aromatic carbocycles. The van der Waals surface area contributed by atoms with Crippen molar-refractivity contribution in [2.45, 2.75) is 12.4 Å². The van der Waals surface area contributed by atoms with Crippen molar-refractivity contribution in [1.29, 1.82) is 0 Å². The molecule has 2 aromatic rings. The van der Waals surface area contributed by atoms with Crippen LogP contribution in [-0.4, -0.2) is 28.3 Å². The predicted molar refractivity (Wildman–Crippen MR) is 74.5 cm³/mol. The molecule has 0 aliphatic rings. The average molecular weight is 328 g/mol. The second-order valence-corrected chi connectivity index (χ2v) is 4.91. The topological polar surface area (TPSA) is 87.1 Å². The highest BCUT2D eigenvalue weighted by molar-refractivity contribution is 7.10. The van der Waals surface area contributed by atoms with E-state index in [0.29, 0.717) is 11.5 Å². The van der Waals surface area contributed by atoms with Crippen LogP contribution in [0.1, 0.15) is 11.3 Å². The number of aromatic nitrogens is 2. The summed E-state index contributed by atoms with van der Waals surface area (Å²) in [7, 11) is 4.59. The minimum atomic E-state index is -3.61. The van der Waals surface area contributed by atoms with Crippen LogP contribution in [0.15, 0.2) is 18.3 Å². The van der Waals surface area contributed by atoms with Gasteiger partial charge in [0.2, 0.25) is 11.8 Å². The summed E-state index contributed by atoms with van der Waals surface area (Å²) in [5, 5.41) is 13.6. The van der Waals surface area contributed by atoms with Crippen molar-refractivity contribution in [3.05, 3.63) is 35.5 Å². The first-order valence-corrected chi connectivity index (χ1v) is 6.54. The minimum absolute atomic E-state index is 0.00129. The van der Waals surface area contributed by atoms with Crippen molar-refractivity contribution in [2.24, 2.45) is 0 Å². The average Bonchev–Trinajstić information content (AvgIpc) is 2.87. The molecule has 0 spiro atoms. The van der Waals surface area contributed by atoms with E-state index >= 15 is 0 Å². The Kier molecular flexibility index (Phi) is 4.67. The molecule has 0 fully saturated rings. The number of rotatable bonds is 4. The maximum absolute atomic E-state index is 13.0. The van der Waals surface area contributed by atoms with Gasteiger partial charge in [0.1, 0.15) is 10.7 Å². The number of pyridine rings is 1. The van der Waals surface area contributed by atoms with Gasteiger partial charge in [-0.05, 0) is 11.5 Å². The van der Waals surface area contributed by atoms with Crippen LogP contribution in [0.4, 0.5) is 28.7 Å².